The number of fused-ring (bicyclic) bond motifs is 1. The topological polar surface area (TPSA) is 69.7 Å². The number of anilines is 1. The standard InChI is InChI=1S/C18H23N3O3/c1-12(22)21-15-8-4-3-6-13(15)10-16(21)18(24)20-9-5-7-14(11-20)17(23)19-2/h3-4,6,8,14,16H,5,7,9-11H2,1-2H3,(H,19,23)/t14?,16-/m0/s1. The third kappa shape index (κ3) is 2.88. The number of hydrogen-bond donors (Lipinski definition) is 1. The van der Waals surface area contributed by atoms with E-state index in [2.05, 4.69) is 5.32 Å². The summed E-state index contributed by atoms with van der Waals surface area (Å²) >= 11 is 0. The second-order valence-corrected chi connectivity index (χ2v) is 6.48. The number of carbonyl (C=O) groups excluding carboxylic acids is 3. The summed E-state index contributed by atoms with van der Waals surface area (Å²) in [5.74, 6) is -0.374. The zero-order chi connectivity index (χ0) is 17.3. The molecule has 0 aliphatic carbocycles. The molecule has 2 heterocycles. The van der Waals surface area contributed by atoms with Crippen LogP contribution < -0.4 is 10.2 Å². The average Bonchev–Trinajstić information content (AvgIpc) is 3.00. The van der Waals surface area contributed by atoms with E-state index in [9.17, 15) is 14.4 Å². The molecule has 0 saturated carbocycles. The van der Waals surface area contributed by atoms with E-state index in [1.165, 1.54) is 6.92 Å². The molecule has 6 heteroatoms. The highest BCUT2D eigenvalue weighted by Crippen LogP contribution is 2.33. The number of rotatable bonds is 2. The van der Waals surface area contributed by atoms with Gasteiger partial charge in [0.05, 0.1) is 5.92 Å². The lowest BCUT2D eigenvalue weighted by Gasteiger charge is -2.35. The third-order valence-corrected chi connectivity index (χ3v) is 4.95. The molecule has 1 N–H and O–H groups in total. The van der Waals surface area contributed by atoms with E-state index in [1.54, 1.807) is 16.8 Å². The molecule has 3 amide bonds. The molecule has 0 aromatic heterocycles. The van der Waals surface area contributed by atoms with Crippen LogP contribution in [0.2, 0.25) is 0 Å². The van der Waals surface area contributed by atoms with Crippen LogP contribution in [0.15, 0.2) is 24.3 Å². The maximum Gasteiger partial charge on any atom is 0.246 e. The van der Waals surface area contributed by atoms with Crippen molar-refractivity contribution in [1.29, 1.82) is 0 Å². The molecule has 1 aromatic carbocycles. The Balaban J connectivity index is 1.80. The molecular weight excluding hydrogens is 306 g/mol. The van der Waals surface area contributed by atoms with Gasteiger partial charge in [-0.05, 0) is 24.5 Å². The minimum Gasteiger partial charge on any atom is -0.359 e. The average molecular weight is 329 g/mol. The Kier molecular flexibility index (Phi) is 4.55. The molecular formula is C18H23N3O3. The van der Waals surface area contributed by atoms with Gasteiger partial charge in [-0.1, -0.05) is 18.2 Å². The number of piperidine rings is 1. The molecule has 1 fully saturated rings. The van der Waals surface area contributed by atoms with Crippen LogP contribution in [0.3, 0.4) is 0 Å². The fraction of sp³-hybridized carbons (Fsp3) is 0.500. The minimum absolute atomic E-state index is 0.0226. The summed E-state index contributed by atoms with van der Waals surface area (Å²) in [5.41, 5.74) is 1.84. The Morgan fingerprint density at radius 3 is 2.67 bits per heavy atom. The highest BCUT2D eigenvalue weighted by molar-refractivity contribution is 6.02. The van der Waals surface area contributed by atoms with Gasteiger partial charge in [0.15, 0.2) is 0 Å². The fourth-order valence-electron chi connectivity index (χ4n) is 3.78. The predicted molar refractivity (Wildman–Crippen MR) is 90.5 cm³/mol. The van der Waals surface area contributed by atoms with Gasteiger partial charge in [-0.15, -0.1) is 0 Å². The highest BCUT2D eigenvalue weighted by atomic mass is 16.2. The van der Waals surface area contributed by atoms with Crippen molar-refractivity contribution < 1.29 is 14.4 Å². The monoisotopic (exact) mass is 329 g/mol. The van der Waals surface area contributed by atoms with Crippen LogP contribution in [0.1, 0.15) is 25.3 Å². The lowest BCUT2D eigenvalue weighted by molar-refractivity contribution is -0.137. The number of likely N-dealkylation sites (tertiary alicyclic amines) is 1. The molecule has 3 rings (SSSR count). The number of nitrogens with zero attached hydrogens (tertiary/aromatic N) is 2. The molecule has 128 valence electrons. The van der Waals surface area contributed by atoms with E-state index in [1.807, 2.05) is 24.3 Å². The Morgan fingerprint density at radius 2 is 1.96 bits per heavy atom. The highest BCUT2D eigenvalue weighted by Gasteiger charge is 2.40. The predicted octanol–water partition coefficient (Wildman–Crippen LogP) is 0.949. The first-order valence-electron chi connectivity index (χ1n) is 8.41. The molecule has 2 atom stereocenters. The molecule has 0 radical (unpaired) electrons. The largest absolute Gasteiger partial charge is 0.359 e. The van der Waals surface area contributed by atoms with Crippen LogP contribution in [0, 0.1) is 5.92 Å². The second kappa shape index (κ2) is 6.63. The fourth-order valence-corrected chi connectivity index (χ4v) is 3.78. The summed E-state index contributed by atoms with van der Waals surface area (Å²) in [5, 5.41) is 2.66. The van der Waals surface area contributed by atoms with Gasteiger partial charge in [-0.2, -0.15) is 0 Å². The molecule has 6 nitrogen and oxygen atoms in total. The van der Waals surface area contributed by atoms with E-state index in [0.717, 1.165) is 24.1 Å². The first-order chi connectivity index (χ1) is 11.5. The van der Waals surface area contributed by atoms with E-state index in [0.29, 0.717) is 19.5 Å². The normalized spacial score (nSPS) is 22.9. The quantitative estimate of drug-likeness (QED) is 0.878. The number of nitrogens with one attached hydrogen (secondary N) is 1. The summed E-state index contributed by atoms with van der Waals surface area (Å²) in [4.78, 5) is 40.4. The van der Waals surface area contributed by atoms with Crippen LogP contribution in [-0.2, 0) is 20.8 Å². The van der Waals surface area contributed by atoms with Crippen molar-refractivity contribution in [3.63, 3.8) is 0 Å². The molecule has 0 bridgehead atoms. The van der Waals surface area contributed by atoms with E-state index < -0.39 is 6.04 Å². The van der Waals surface area contributed by atoms with Gasteiger partial charge in [0.2, 0.25) is 17.7 Å². The Labute approximate surface area is 141 Å². The summed E-state index contributed by atoms with van der Waals surface area (Å²) in [6, 6.07) is 7.15. The van der Waals surface area contributed by atoms with E-state index in [-0.39, 0.29) is 23.6 Å². The molecule has 2 aliphatic rings. The van der Waals surface area contributed by atoms with Crippen molar-refractivity contribution >= 4 is 23.4 Å². The summed E-state index contributed by atoms with van der Waals surface area (Å²) in [6.45, 7) is 2.56. The molecule has 0 spiro atoms. The SMILES string of the molecule is CNC(=O)C1CCCN(C(=O)[C@@H]2Cc3ccccc3N2C(C)=O)C1. The summed E-state index contributed by atoms with van der Waals surface area (Å²) < 4.78 is 0. The first kappa shape index (κ1) is 16.5. The Hall–Kier alpha value is -2.37. The summed E-state index contributed by atoms with van der Waals surface area (Å²) in [7, 11) is 1.62. The maximum absolute atomic E-state index is 13.0. The van der Waals surface area contributed by atoms with Gasteiger partial charge in [-0.25, -0.2) is 0 Å². The smallest absolute Gasteiger partial charge is 0.246 e. The van der Waals surface area contributed by atoms with E-state index >= 15 is 0 Å². The molecule has 2 aliphatic heterocycles. The van der Waals surface area contributed by atoms with Gasteiger partial charge in [0, 0.05) is 39.2 Å². The first-order valence-corrected chi connectivity index (χ1v) is 8.41. The van der Waals surface area contributed by atoms with Crippen molar-refractivity contribution in [2.75, 3.05) is 25.0 Å². The van der Waals surface area contributed by atoms with Crippen molar-refractivity contribution in [2.45, 2.75) is 32.2 Å². The molecule has 1 saturated heterocycles. The van der Waals surface area contributed by atoms with Gasteiger partial charge in [0.25, 0.3) is 0 Å². The summed E-state index contributed by atoms with van der Waals surface area (Å²) in [6.07, 6.45) is 2.14. The van der Waals surface area contributed by atoms with Crippen molar-refractivity contribution in [3.8, 4) is 0 Å². The lowest BCUT2D eigenvalue weighted by Crippen LogP contribution is -2.53. The second-order valence-electron chi connectivity index (χ2n) is 6.48. The number of carbonyl (C=O) groups is 3. The zero-order valence-corrected chi connectivity index (χ0v) is 14.1. The van der Waals surface area contributed by atoms with Crippen LogP contribution in [-0.4, -0.2) is 48.8 Å². The van der Waals surface area contributed by atoms with Crippen LogP contribution >= 0.6 is 0 Å². The number of para-hydroxylation sites is 1. The number of amides is 3. The number of benzene rings is 1. The Bertz CT molecular complexity index is 673. The molecule has 1 unspecified atom stereocenters. The van der Waals surface area contributed by atoms with Gasteiger partial charge < -0.3 is 10.2 Å². The lowest BCUT2D eigenvalue weighted by atomic mass is 9.96. The number of hydrogen-bond acceptors (Lipinski definition) is 3. The van der Waals surface area contributed by atoms with E-state index in [4.69, 9.17) is 0 Å². The van der Waals surface area contributed by atoms with Crippen molar-refractivity contribution in [3.05, 3.63) is 29.8 Å². The van der Waals surface area contributed by atoms with Gasteiger partial charge in [-0.3, -0.25) is 19.3 Å². The van der Waals surface area contributed by atoms with Gasteiger partial charge >= 0.3 is 0 Å². The maximum atomic E-state index is 13.0. The van der Waals surface area contributed by atoms with Crippen molar-refractivity contribution in [2.24, 2.45) is 5.92 Å². The van der Waals surface area contributed by atoms with Crippen molar-refractivity contribution in [1.82, 2.24) is 10.2 Å². The van der Waals surface area contributed by atoms with Crippen LogP contribution in [0.5, 0.6) is 0 Å². The third-order valence-electron chi connectivity index (χ3n) is 4.95. The van der Waals surface area contributed by atoms with Gasteiger partial charge in [0.1, 0.15) is 6.04 Å². The minimum atomic E-state index is -0.497. The molecule has 1 aromatic rings. The Morgan fingerprint density at radius 1 is 1.21 bits per heavy atom. The van der Waals surface area contributed by atoms with Crippen LogP contribution in [0.4, 0.5) is 5.69 Å². The zero-order valence-electron chi connectivity index (χ0n) is 14.1. The molecule has 24 heavy (non-hydrogen) atoms. The van der Waals surface area contributed by atoms with Crippen LogP contribution in [0.25, 0.3) is 0 Å².